The number of ether oxygens (including phenoxy) is 1. The molecule has 0 bridgehead atoms. The minimum absolute atomic E-state index is 0.152. The molecule has 0 fully saturated rings. The van der Waals surface area contributed by atoms with Gasteiger partial charge in [0.1, 0.15) is 0 Å². The number of anilines is 1. The summed E-state index contributed by atoms with van der Waals surface area (Å²) in [5.41, 5.74) is 1.05. The molecule has 7 nitrogen and oxygen atoms in total. The van der Waals surface area contributed by atoms with Crippen molar-refractivity contribution in [2.24, 2.45) is 0 Å². The van der Waals surface area contributed by atoms with Crippen molar-refractivity contribution in [1.82, 2.24) is 9.80 Å². The van der Waals surface area contributed by atoms with E-state index in [4.69, 9.17) is 4.74 Å². The van der Waals surface area contributed by atoms with Crippen LogP contribution in [0, 0.1) is 0 Å². The molecule has 0 aliphatic rings. The summed E-state index contributed by atoms with van der Waals surface area (Å²) in [6.45, 7) is 9.31. The van der Waals surface area contributed by atoms with Crippen LogP contribution in [0.1, 0.15) is 44.0 Å². The van der Waals surface area contributed by atoms with E-state index in [-0.39, 0.29) is 24.2 Å². The van der Waals surface area contributed by atoms with Crippen LogP contribution in [0.2, 0.25) is 0 Å². The molecule has 0 saturated heterocycles. The molecule has 27 heavy (non-hydrogen) atoms. The van der Waals surface area contributed by atoms with Gasteiger partial charge in [0.15, 0.2) is 0 Å². The second kappa shape index (κ2) is 12.1. The fraction of sp³-hybridized carbons (Fsp3) is 0.550. The third-order valence-corrected chi connectivity index (χ3v) is 4.33. The van der Waals surface area contributed by atoms with E-state index in [0.717, 1.165) is 26.1 Å². The zero-order valence-electron chi connectivity index (χ0n) is 16.8. The monoisotopic (exact) mass is 377 g/mol. The Kier molecular flexibility index (Phi) is 10.1. The highest BCUT2D eigenvalue weighted by Crippen LogP contribution is 2.14. The number of hydrogen-bond acceptors (Lipinski definition) is 5. The maximum Gasteiger partial charge on any atom is 0.307 e. The average Bonchev–Trinajstić information content (AvgIpc) is 2.66. The third-order valence-electron chi connectivity index (χ3n) is 4.33. The number of carbonyl (C=O) groups is 3. The summed E-state index contributed by atoms with van der Waals surface area (Å²) in [6.07, 6.45) is 0.971. The number of nitrogens with zero attached hydrogens (tertiary/aromatic N) is 2. The molecule has 0 heterocycles. The van der Waals surface area contributed by atoms with Gasteiger partial charge in [-0.3, -0.25) is 14.4 Å². The van der Waals surface area contributed by atoms with Gasteiger partial charge < -0.3 is 19.9 Å². The van der Waals surface area contributed by atoms with Gasteiger partial charge in [-0.2, -0.15) is 0 Å². The van der Waals surface area contributed by atoms with Crippen LogP contribution >= 0.6 is 0 Å². The van der Waals surface area contributed by atoms with Crippen LogP contribution in [0.3, 0.4) is 0 Å². The highest BCUT2D eigenvalue weighted by molar-refractivity contribution is 5.97. The molecule has 0 radical (unpaired) electrons. The molecular weight excluding hydrogens is 346 g/mol. The SMILES string of the molecule is CCN(CC)CCCN(CCC(=O)OC)C(=O)c1cccc(NC(C)=O)c1. The van der Waals surface area contributed by atoms with Crippen LogP contribution in [-0.4, -0.2) is 67.4 Å². The van der Waals surface area contributed by atoms with Crippen LogP contribution in [0.15, 0.2) is 24.3 Å². The number of nitrogens with one attached hydrogen (secondary N) is 1. The normalized spacial score (nSPS) is 10.6. The van der Waals surface area contributed by atoms with Crippen LogP contribution in [-0.2, 0) is 14.3 Å². The fourth-order valence-corrected chi connectivity index (χ4v) is 2.78. The van der Waals surface area contributed by atoms with Crippen molar-refractivity contribution >= 4 is 23.5 Å². The molecule has 0 atom stereocenters. The van der Waals surface area contributed by atoms with Crippen molar-refractivity contribution < 1.29 is 19.1 Å². The van der Waals surface area contributed by atoms with Crippen molar-refractivity contribution in [3.63, 3.8) is 0 Å². The Labute approximate surface area is 161 Å². The first-order valence-electron chi connectivity index (χ1n) is 9.37. The Morgan fingerprint density at radius 3 is 2.37 bits per heavy atom. The lowest BCUT2D eigenvalue weighted by atomic mass is 10.1. The van der Waals surface area contributed by atoms with Crippen molar-refractivity contribution in [2.75, 3.05) is 45.2 Å². The molecule has 0 aliphatic heterocycles. The van der Waals surface area contributed by atoms with E-state index in [1.54, 1.807) is 29.2 Å². The quantitative estimate of drug-likeness (QED) is 0.599. The fourth-order valence-electron chi connectivity index (χ4n) is 2.78. The standard InChI is InChI=1S/C20H31N3O4/c1-5-22(6-2)12-8-13-23(14-11-19(25)27-4)20(26)17-9-7-10-18(15-17)21-16(3)24/h7,9-10,15H,5-6,8,11-14H2,1-4H3,(H,21,24). The van der Waals surface area contributed by atoms with E-state index in [1.165, 1.54) is 14.0 Å². The molecule has 0 aromatic heterocycles. The molecule has 0 aliphatic carbocycles. The molecule has 150 valence electrons. The minimum atomic E-state index is -0.344. The van der Waals surface area contributed by atoms with Gasteiger partial charge in [-0.15, -0.1) is 0 Å². The van der Waals surface area contributed by atoms with Gasteiger partial charge in [0.2, 0.25) is 5.91 Å². The largest absolute Gasteiger partial charge is 0.469 e. The van der Waals surface area contributed by atoms with Gasteiger partial charge in [-0.1, -0.05) is 19.9 Å². The smallest absolute Gasteiger partial charge is 0.307 e. The van der Waals surface area contributed by atoms with Crippen LogP contribution in [0.5, 0.6) is 0 Å². The van der Waals surface area contributed by atoms with Gasteiger partial charge in [0, 0.05) is 31.3 Å². The van der Waals surface area contributed by atoms with Gasteiger partial charge in [-0.25, -0.2) is 0 Å². The van der Waals surface area contributed by atoms with E-state index in [0.29, 0.717) is 24.3 Å². The number of benzene rings is 1. The van der Waals surface area contributed by atoms with Crippen LogP contribution in [0.4, 0.5) is 5.69 Å². The summed E-state index contributed by atoms with van der Waals surface area (Å²) >= 11 is 0. The van der Waals surface area contributed by atoms with Gasteiger partial charge in [-0.05, 0) is 44.3 Å². The second-order valence-corrected chi connectivity index (χ2v) is 6.26. The zero-order valence-corrected chi connectivity index (χ0v) is 16.8. The predicted octanol–water partition coefficient (Wildman–Crippen LogP) is 2.38. The molecule has 1 rings (SSSR count). The van der Waals surface area contributed by atoms with E-state index >= 15 is 0 Å². The summed E-state index contributed by atoms with van der Waals surface area (Å²) in [4.78, 5) is 39.7. The first-order valence-corrected chi connectivity index (χ1v) is 9.37. The predicted molar refractivity (Wildman–Crippen MR) is 106 cm³/mol. The highest BCUT2D eigenvalue weighted by Gasteiger charge is 2.18. The third kappa shape index (κ3) is 8.21. The topological polar surface area (TPSA) is 79.0 Å². The van der Waals surface area contributed by atoms with E-state index in [2.05, 4.69) is 24.1 Å². The zero-order chi connectivity index (χ0) is 20.2. The highest BCUT2D eigenvalue weighted by atomic mass is 16.5. The molecule has 0 unspecified atom stereocenters. The molecule has 2 amide bonds. The number of rotatable bonds is 11. The Bertz CT molecular complexity index is 629. The second-order valence-electron chi connectivity index (χ2n) is 6.26. The number of hydrogen-bond donors (Lipinski definition) is 1. The van der Waals surface area contributed by atoms with Gasteiger partial charge >= 0.3 is 5.97 Å². The Morgan fingerprint density at radius 2 is 1.78 bits per heavy atom. The van der Waals surface area contributed by atoms with Crippen LogP contribution < -0.4 is 5.32 Å². The number of carbonyl (C=O) groups excluding carboxylic acids is 3. The average molecular weight is 377 g/mol. The summed E-state index contributed by atoms with van der Waals surface area (Å²) in [5.74, 6) is -0.699. The lowest BCUT2D eigenvalue weighted by Crippen LogP contribution is -2.36. The molecule has 0 spiro atoms. The lowest BCUT2D eigenvalue weighted by Gasteiger charge is -2.25. The summed E-state index contributed by atoms with van der Waals surface area (Å²) in [6, 6.07) is 6.83. The van der Waals surface area contributed by atoms with Crippen LogP contribution in [0.25, 0.3) is 0 Å². The molecule has 1 aromatic rings. The molecular formula is C20H31N3O4. The van der Waals surface area contributed by atoms with E-state index in [9.17, 15) is 14.4 Å². The molecule has 7 heteroatoms. The maximum atomic E-state index is 12.9. The van der Waals surface area contributed by atoms with Crippen molar-refractivity contribution in [3.05, 3.63) is 29.8 Å². The lowest BCUT2D eigenvalue weighted by molar-refractivity contribution is -0.140. The maximum absolute atomic E-state index is 12.9. The van der Waals surface area contributed by atoms with Crippen molar-refractivity contribution in [1.29, 1.82) is 0 Å². The van der Waals surface area contributed by atoms with Gasteiger partial charge in [0.25, 0.3) is 5.91 Å². The Balaban J connectivity index is 2.84. The van der Waals surface area contributed by atoms with Crippen molar-refractivity contribution in [2.45, 2.75) is 33.6 Å². The number of esters is 1. The minimum Gasteiger partial charge on any atom is -0.469 e. The molecule has 0 saturated carbocycles. The summed E-state index contributed by atoms with van der Waals surface area (Å²) in [7, 11) is 1.34. The molecule has 1 aromatic carbocycles. The van der Waals surface area contributed by atoms with Crippen molar-refractivity contribution in [3.8, 4) is 0 Å². The van der Waals surface area contributed by atoms with E-state index in [1.807, 2.05) is 0 Å². The Hall–Kier alpha value is -2.41. The summed E-state index contributed by atoms with van der Waals surface area (Å²) < 4.78 is 4.69. The first kappa shape index (κ1) is 22.6. The van der Waals surface area contributed by atoms with E-state index < -0.39 is 0 Å². The molecule has 1 N–H and O–H groups in total. The van der Waals surface area contributed by atoms with Gasteiger partial charge in [0.05, 0.1) is 13.5 Å². The number of methoxy groups -OCH3 is 1. The Morgan fingerprint density at radius 1 is 1.07 bits per heavy atom. The first-order chi connectivity index (χ1) is 12.9. The number of amides is 2. The summed E-state index contributed by atoms with van der Waals surface area (Å²) in [5, 5.41) is 2.68.